The van der Waals surface area contributed by atoms with Crippen LogP contribution in [-0.2, 0) is 9.53 Å². The van der Waals surface area contributed by atoms with Crippen LogP contribution in [0, 0.1) is 6.92 Å². The van der Waals surface area contributed by atoms with E-state index in [1.807, 2.05) is 0 Å². The zero-order chi connectivity index (χ0) is 14.5. The van der Waals surface area contributed by atoms with Crippen molar-refractivity contribution in [3.63, 3.8) is 0 Å². The molecule has 20 heavy (non-hydrogen) atoms. The first kappa shape index (κ1) is 15.0. The van der Waals surface area contributed by atoms with E-state index >= 15 is 0 Å². The van der Waals surface area contributed by atoms with Gasteiger partial charge >= 0.3 is 5.97 Å². The largest absolute Gasteiger partial charge is 0.481 e. The van der Waals surface area contributed by atoms with E-state index in [-0.39, 0.29) is 18.5 Å². The normalized spacial score (nSPS) is 21.6. The van der Waals surface area contributed by atoms with Gasteiger partial charge in [0.05, 0.1) is 19.6 Å². The summed E-state index contributed by atoms with van der Waals surface area (Å²) in [6.45, 7) is 6.21. The lowest BCUT2D eigenvalue weighted by atomic mass is 9.98. The molecule has 1 fully saturated rings. The third kappa shape index (κ3) is 3.58. The predicted molar refractivity (Wildman–Crippen MR) is 77.8 cm³/mol. The monoisotopic (exact) mass is 277 g/mol. The number of hydrogen-bond acceptors (Lipinski definition) is 3. The summed E-state index contributed by atoms with van der Waals surface area (Å²) in [5.74, 6) is -0.760. The van der Waals surface area contributed by atoms with Crippen molar-refractivity contribution in [1.82, 2.24) is 4.90 Å². The molecule has 110 valence electrons. The zero-order valence-electron chi connectivity index (χ0n) is 12.2. The molecular weight excluding hydrogens is 254 g/mol. The van der Waals surface area contributed by atoms with Crippen molar-refractivity contribution in [2.75, 3.05) is 19.8 Å². The highest BCUT2D eigenvalue weighted by molar-refractivity contribution is 5.67. The number of aliphatic carboxylic acids is 1. The van der Waals surface area contributed by atoms with E-state index in [1.165, 1.54) is 11.1 Å². The van der Waals surface area contributed by atoms with E-state index < -0.39 is 5.97 Å². The van der Waals surface area contributed by atoms with Crippen molar-refractivity contribution in [2.24, 2.45) is 0 Å². The number of carboxylic acid groups (broad SMARTS) is 1. The number of carbonyl (C=O) groups is 1. The van der Waals surface area contributed by atoms with Gasteiger partial charge in [0.25, 0.3) is 0 Å². The second kappa shape index (κ2) is 6.86. The van der Waals surface area contributed by atoms with Gasteiger partial charge in [0.2, 0.25) is 0 Å². The summed E-state index contributed by atoms with van der Waals surface area (Å²) in [6.07, 6.45) is 1.11. The predicted octanol–water partition coefficient (Wildman–Crippen LogP) is 2.62. The lowest BCUT2D eigenvalue weighted by Crippen LogP contribution is -2.48. The van der Waals surface area contributed by atoms with Crippen LogP contribution < -0.4 is 0 Å². The van der Waals surface area contributed by atoms with Crippen LogP contribution in [0.5, 0.6) is 0 Å². The standard InChI is InChI=1S/C16H23NO3/c1-3-15(13-6-4-12(2)5-7-13)17-8-9-20-11-14(17)10-16(18)19/h4-7,14-15H,3,8-11H2,1-2H3,(H,18,19). The van der Waals surface area contributed by atoms with Crippen LogP contribution in [-0.4, -0.2) is 41.8 Å². The van der Waals surface area contributed by atoms with Crippen LogP contribution in [0.25, 0.3) is 0 Å². The molecule has 2 rings (SSSR count). The molecule has 0 radical (unpaired) electrons. The molecule has 2 unspecified atom stereocenters. The summed E-state index contributed by atoms with van der Waals surface area (Å²) < 4.78 is 5.46. The molecule has 0 saturated carbocycles. The fraction of sp³-hybridized carbons (Fsp3) is 0.562. The molecule has 4 heteroatoms. The molecule has 0 amide bonds. The molecule has 0 spiro atoms. The van der Waals surface area contributed by atoms with Gasteiger partial charge in [-0.15, -0.1) is 0 Å². The molecule has 1 N–H and O–H groups in total. The van der Waals surface area contributed by atoms with Gasteiger partial charge < -0.3 is 9.84 Å². The fourth-order valence-corrected chi connectivity index (χ4v) is 2.91. The number of aryl methyl sites for hydroxylation is 1. The number of ether oxygens (including phenoxy) is 1. The average Bonchev–Trinajstić information content (AvgIpc) is 2.43. The van der Waals surface area contributed by atoms with Crippen LogP contribution >= 0.6 is 0 Å². The van der Waals surface area contributed by atoms with Gasteiger partial charge in [-0.2, -0.15) is 0 Å². The summed E-state index contributed by atoms with van der Waals surface area (Å²) in [6, 6.07) is 8.76. The summed E-state index contributed by atoms with van der Waals surface area (Å²) in [5, 5.41) is 9.06. The molecule has 1 aromatic carbocycles. The minimum absolute atomic E-state index is 0.0347. The highest BCUT2D eigenvalue weighted by Crippen LogP contribution is 2.29. The average molecular weight is 277 g/mol. The number of benzene rings is 1. The zero-order valence-corrected chi connectivity index (χ0v) is 12.2. The molecular formula is C16H23NO3. The highest BCUT2D eigenvalue weighted by atomic mass is 16.5. The van der Waals surface area contributed by atoms with Gasteiger partial charge in [-0.05, 0) is 18.9 Å². The maximum Gasteiger partial charge on any atom is 0.305 e. The Bertz CT molecular complexity index is 444. The van der Waals surface area contributed by atoms with Gasteiger partial charge in [0.1, 0.15) is 0 Å². The number of nitrogens with zero attached hydrogens (tertiary/aromatic N) is 1. The fourth-order valence-electron chi connectivity index (χ4n) is 2.91. The highest BCUT2D eigenvalue weighted by Gasteiger charge is 2.30. The van der Waals surface area contributed by atoms with Crippen molar-refractivity contribution < 1.29 is 14.6 Å². The molecule has 0 bridgehead atoms. The third-order valence-corrected chi connectivity index (χ3v) is 3.93. The molecule has 1 aliphatic heterocycles. The minimum Gasteiger partial charge on any atom is -0.481 e. The van der Waals surface area contributed by atoms with Crippen LogP contribution in [0.1, 0.15) is 36.9 Å². The van der Waals surface area contributed by atoms with Gasteiger partial charge in [-0.25, -0.2) is 0 Å². The molecule has 0 aliphatic carbocycles. The Balaban J connectivity index is 2.19. The number of rotatable bonds is 5. The van der Waals surface area contributed by atoms with Crippen LogP contribution in [0.2, 0.25) is 0 Å². The lowest BCUT2D eigenvalue weighted by molar-refractivity contribution is -0.141. The Morgan fingerprint density at radius 1 is 1.45 bits per heavy atom. The summed E-state index contributed by atoms with van der Waals surface area (Å²) in [5.41, 5.74) is 2.50. The smallest absolute Gasteiger partial charge is 0.305 e. The summed E-state index contributed by atoms with van der Waals surface area (Å²) in [4.78, 5) is 13.3. The maximum atomic E-state index is 11.0. The van der Waals surface area contributed by atoms with Crippen molar-refractivity contribution in [3.05, 3.63) is 35.4 Å². The summed E-state index contributed by atoms with van der Waals surface area (Å²) in [7, 11) is 0. The summed E-state index contributed by atoms with van der Waals surface area (Å²) >= 11 is 0. The van der Waals surface area contributed by atoms with Gasteiger partial charge in [0.15, 0.2) is 0 Å². The third-order valence-electron chi connectivity index (χ3n) is 3.93. The van der Waals surface area contributed by atoms with Crippen LogP contribution in [0.4, 0.5) is 0 Å². The molecule has 0 aromatic heterocycles. The maximum absolute atomic E-state index is 11.0. The van der Waals surface area contributed by atoms with E-state index in [4.69, 9.17) is 9.84 Å². The van der Waals surface area contributed by atoms with Gasteiger partial charge in [-0.3, -0.25) is 9.69 Å². The van der Waals surface area contributed by atoms with E-state index in [0.717, 1.165) is 13.0 Å². The molecule has 1 aromatic rings. The number of morpholine rings is 1. The van der Waals surface area contributed by atoms with Crippen LogP contribution in [0.15, 0.2) is 24.3 Å². The van der Waals surface area contributed by atoms with Crippen molar-refractivity contribution in [1.29, 1.82) is 0 Å². The Morgan fingerprint density at radius 3 is 2.75 bits per heavy atom. The van der Waals surface area contributed by atoms with Gasteiger partial charge in [0, 0.05) is 18.6 Å². The molecule has 1 heterocycles. The van der Waals surface area contributed by atoms with Gasteiger partial charge in [-0.1, -0.05) is 36.8 Å². The minimum atomic E-state index is -0.760. The van der Waals surface area contributed by atoms with E-state index in [0.29, 0.717) is 13.2 Å². The Hall–Kier alpha value is -1.39. The Morgan fingerprint density at radius 2 is 2.15 bits per heavy atom. The van der Waals surface area contributed by atoms with Crippen LogP contribution in [0.3, 0.4) is 0 Å². The molecule has 1 aliphatic rings. The second-order valence-electron chi connectivity index (χ2n) is 5.40. The quantitative estimate of drug-likeness (QED) is 0.899. The first-order chi connectivity index (χ1) is 9.61. The van der Waals surface area contributed by atoms with E-state index in [1.54, 1.807) is 0 Å². The van der Waals surface area contributed by atoms with E-state index in [2.05, 4.69) is 43.0 Å². The van der Waals surface area contributed by atoms with Crippen molar-refractivity contribution in [2.45, 2.75) is 38.8 Å². The molecule has 4 nitrogen and oxygen atoms in total. The topological polar surface area (TPSA) is 49.8 Å². The molecule has 1 saturated heterocycles. The lowest BCUT2D eigenvalue weighted by Gasteiger charge is -2.40. The number of carboxylic acids is 1. The number of hydrogen-bond donors (Lipinski definition) is 1. The first-order valence-electron chi connectivity index (χ1n) is 7.23. The Kier molecular flexibility index (Phi) is 5.15. The Labute approximate surface area is 120 Å². The van der Waals surface area contributed by atoms with E-state index in [9.17, 15) is 4.79 Å². The van der Waals surface area contributed by atoms with Crippen molar-refractivity contribution >= 4 is 5.97 Å². The SMILES string of the molecule is CCC(c1ccc(C)cc1)N1CCOCC1CC(=O)O. The second-order valence-corrected chi connectivity index (χ2v) is 5.40. The van der Waals surface area contributed by atoms with Crippen molar-refractivity contribution in [3.8, 4) is 0 Å². The molecule has 2 atom stereocenters. The first-order valence-corrected chi connectivity index (χ1v) is 7.23.